The van der Waals surface area contributed by atoms with Crippen LogP contribution < -0.4 is 5.32 Å². The Morgan fingerprint density at radius 1 is 1.53 bits per heavy atom. The maximum atomic E-state index is 13.1. The summed E-state index contributed by atoms with van der Waals surface area (Å²) in [4.78, 5) is 4.29. The Hall–Kier alpha value is -0.780. The first kappa shape index (κ1) is 12.7. The van der Waals surface area contributed by atoms with E-state index in [1.165, 1.54) is 11.5 Å². The average Bonchev–Trinajstić information content (AvgIpc) is 2.81. The van der Waals surface area contributed by atoms with E-state index in [0.717, 1.165) is 11.7 Å². The molecule has 0 amide bonds. The Kier molecular flexibility index (Phi) is 3.61. The van der Waals surface area contributed by atoms with Gasteiger partial charge in [-0.05, 0) is 12.3 Å². The van der Waals surface area contributed by atoms with E-state index in [-0.39, 0.29) is 18.8 Å². The van der Waals surface area contributed by atoms with E-state index in [1.54, 1.807) is 0 Å². The second-order valence-corrected chi connectivity index (χ2v) is 5.78. The van der Waals surface area contributed by atoms with Gasteiger partial charge in [-0.3, -0.25) is 0 Å². The van der Waals surface area contributed by atoms with Gasteiger partial charge >= 0.3 is 0 Å². The molecule has 17 heavy (non-hydrogen) atoms. The van der Waals surface area contributed by atoms with Gasteiger partial charge in [-0.2, -0.15) is 4.37 Å². The number of aromatic nitrogens is 2. The minimum Gasteiger partial charge on any atom is -0.360 e. The maximum absolute atomic E-state index is 13.1. The molecule has 0 aliphatic heterocycles. The van der Waals surface area contributed by atoms with Crippen molar-refractivity contribution >= 4 is 16.7 Å². The third kappa shape index (κ3) is 3.34. The first-order valence-electron chi connectivity index (χ1n) is 5.91. The summed E-state index contributed by atoms with van der Waals surface area (Å²) in [6.07, 6.45) is 0.354. The van der Waals surface area contributed by atoms with Crippen LogP contribution in [-0.2, 0) is 0 Å². The zero-order valence-corrected chi connectivity index (χ0v) is 10.9. The minimum absolute atomic E-state index is 0.0361. The summed E-state index contributed by atoms with van der Waals surface area (Å²) in [7, 11) is 0. The van der Waals surface area contributed by atoms with Crippen molar-refractivity contribution in [1.29, 1.82) is 0 Å². The molecule has 96 valence electrons. The molecule has 1 fully saturated rings. The number of anilines is 1. The Morgan fingerprint density at radius 2 is 2.29 bits per heavy atom. The predicted octanol–water partition coefficient (Wildman–Crippen LogP) is 3.51. The normalized spacial score (nSPS) is 23.2. The van der Waals surface area contributed by atoms with Crippen molar-refractivity contribution in [2.24, 2.45) is 5.92 Å². The van der Waals surface area contributed by atoms with E-state index >= 15 is 0 Å². The van der Waals surface area contributed by atoms with Gasteiger partial charge in [-0.1, -0.05) is 13.8 Å². The van der Waals surface area contributed by atoms with Crippen LogP contribution in [0.25, 0.3) is 0 Å². The minimum atomic E-state index is -2.53. The van der Waals surface area contributed by atoms with E-state index in [9.17, 15) is 8.78 Å². The molecular weight excluding hydrogens is 244 g/mol. The van der Waals surface area contributed by atoms with Crippen molar-refractivity contribution in [1.82, 2.24) is 9.36 Å². The molecule has 0 bridgehead atoms. The fourth-order valence-corrected chi connectivity index (χ4v) is 2.59. The highest BCUT2D eigenvalue weighted by molar-refractivity contribution is 7.09. The number of hydrogen-bond donors (Lipinski definition) is 1. The molecule has 0 saturated heterocycles. The van der Waals surface area contributed by atoms with Crippen molar-refractivity contribution in [3.63, 3.8) is 0 Å². The van der Waals surface area contributed by atoms with E-state index in [4.69, 9.17) is 0 Å². The number of nitrogens with zero attached hydrogens (tertiary/aromatic N) is 2. The second kappa shape index (κ2) is 4.84. The summed E-state index contributed by atoms with van der Waals surface area (Å²) in [6, 6.07) is 0. The molecule has 6 heteroatoms. The smallest absolute Gasteiger partial charge is 0.248 e. The molecule has 1 N–H and O–H groups in total. The summed E-state index contributed by atoms with van der Waals surface area (Å²) in [5.41, 5.74) is 0. The van der Waals surface area contributed by atoms with Crippen LogP contribution in [0.4, 0.5) is 13.9 Å². The molecule has 0 spiro atoms. The zero-order chi connectivity index (χ0) is 12.5. The van der Waals surface area contributed by atoms with Gasteiger partial charge in [0.25, 0.3) is 0 Å². The van der Waals surface area contributed by atoms with Crippen molar-refractivity contribution < 1.29 is 8.78 Å². The predicted molar refractivity (Wildman–Crippen MR) is 64.8 cm³/mol. The standard InChI is InChI=1S/C11H17F2N3S/c1-7(2)6-14-10-15-9(16-17-10)8-3-4-11(12,13)5-8/h7-8H,3-6H2,1-2H3,(H,14,15,16). The van der Waals surface area contributed by atoms with Gasteiger partial charge in [0.15, 0.2) is 0 Å². The Bertz CT molecular complexity index is 379. The quantitative estimate of drug-likeness (QED) is 0.901. The van der Waals surface area contributed by atoms with Crippen LogP contribution in [0.5, 0.6) is 0 Å². The van der Waals surface area contributed by atoms with E-state index in [0.29, 0.717) is 18.2 Å². The van der Waals surface area contributed by atoms with Gasteiger partial charge in [-0.25, -0.2) is 13.8 Å². The monoisotopic (exact) mass is 261 g/mol. The number of rotatable bonds is 4. The molecule has 1 heterocycles. The summed E-state index contributed by atoms with van der Waals surface area (Å²) >= 11 is 1.26. The lowest BCUT2D eigenvalue weighted by Gasteiger charge is -2.07. The number of halogens is 2. The number of alkyl halides is 2. The lowest BCUT2D eigenvalue weighted by Crippen LogP contribution is -2.10. The summed E-state index contributed by atoms with van der Waals surface area (Å²) < 4.78 is 30.3. The molecule has 2 rings (SSSR count). The van der Waals surface area contributed by atoms with Gasteiger partial charge in [0.1, 0.15) is 5.82 Å². The summed E-state index contributed by atoms with van der Waals surface area (Å²) in [5.74, 6) is -1.59. The lowest BCUT2D eigenvalue weighted by atomic mass is 10.1. The first-order valence-corrected chi connectivity index (χ1v) is 6.69. The van der Waals surface area contributed by atoms with Gasteiger partial charge in [0.05, 0.1) is 0 Å². The van der Waals surface area contributed by atoms with Gasteiger partial charge < -0.3 is 5.32 Å². The van der Waals surface area contributed by atoms with Crippen LogP contribution in [0.2, 0.25) is 0 Å². The third-order valence-electron chi connectivity index (χ3n) is 2.87. The molecule has 1 saturated carbocycles. The van der Waals surface area contributed by atoms with Crippen molar-refractivity contribution in [2.75, 3.05) is 11.9 Å². The van der Waals surface area contributed by atoms with Gasteiger partial charge in [-0.15, -0.1) is 0 Å². The summed E-state index contributed by atoms with van der Waals surface area (Å²) in [5, 5.41) is 3.91. The number of nitrogens with one attached hydrogen (secondary N) is 1. The lowest BCUT2D eigenvalue weighted by molar-refractivity contribution is 0.00757. The Morgan fingerprint density at radius 3 is 2.88 bits per heavy atom. The van der Waals surface area contributed by atoms with Crippen molar-refractivity contribution in [3.8, 4) is 0 Å². The van der Waals surface area contributed by atoms with E-state index < -0.39 is 5.92 Å². The molecule has 1 aliphatic carbocycles. The molecule has 1 aromatic heterocycles. The first-order chi connectivity index (χ1) is 7.96. The van der Waals surface area contributed by atoms with Crippen LogP contribution in [0.15, 0.2) is 0 Å². The van der Waals surface area contributed by atoms with Crippen molar-refractivity contribution in [2.45, 2.75) is 45.0 Å². The maximum Gasteiger partial charge on any atom is 0.248 e. The van der Waals surface area contributed by atoms with Crippen LogP contribution in [0.3, 0.4) is 0 Å². The Balaban J connectivity index is 1.94. The molecular formula is C11H17F2N3S. The Labute approximate surface area is 104 Å². The third-order valence-corrected chi connectivity index (χ3v) is 3.56. The topological polar surface area (TPSA) is 37.8 Å². The largest absolute Gasteiger partial charge is 0.360 e. The molecule has 1 unspecified atom stereocenters. The van der Waals surface area contributed by atoms with Crippen LogP contribution in [0, 0.1) is 5.92 Å². The SMILES string of the molecule is CC(C)CNc1nc(C2CCC(F)(F)C2)ns1. The molecule has 0 radical (unpaired) electrons. The van der Waals surface area contributed by atoms with E-state index in [2.05, 4.69) is 28.5 Å². The van der Waals surface area contributed by atoms with Crippen LogP contribution >= 0.6 is 11.5 Å². The van der Waals surface area contributed by atoms with Crippen LogP contribution in [-0.4, -0.2) is 21.8 Å². The van der Waals surface area contributed by atoms with E-state index in [1.807, 2.05) is 0 Å². The van der Waals surface area contributed by atoms with Gasteiger partial charge in [0.2, 0.25) is 11.1 Å². The van der Waals surface area contributed by atoms with Gasteiger partial charge in [0, 0.05) is 36.8 Å². The number of hydrogen-bond acceptors (Lipinski definition) is 4. The average molecular weight is 261 g/mol. The summed E-state index contributed by atoms with van der Waals surface area (Å²) in [6.45, 7) is 5.04. The molecule has 1 aliphatic rings. The molecule has 0 aromatic carbocycles. The molecule has 1 atom stereocenters. The highest BCUT2D eigenvalue weighted by atomic mass is 32.1. The highest BCUT2D eigenvalue weighted by Gasteiger charge is 2.41. The fraction of sp³-hybridized carbons (Fsp3) is 0.818. The fourth-order valence-electron chi connectivity index (χ4n) is 1.93. The second-order valence-electron chi connectivity index (χ2n) is 5.03. The highest BCUT2D eigenvalue weighted by Crippen LogP contribution is 2.43. The molecule has 1 aromatic rings. The van der Waals surface area contributed by atoms with Crippen molar-refractivity contribution in [3.05, 3.63) is 5.82 Å². The zero-order valence-electron chi connectivity index (χ0n) is 10.0. The van der Waals surface area contributed by atoms with Crippen LogP contribution in [0.1, 0.15) is 44.9 Å². The molecule has 3 nitrogen and oxygen atoms in total.